The van der Waals surface area contributed by atoms with Crippen molar-refractivity contribution in [3.8, 4) is 23.8 Å². The largest absolute Gasteiger partial charge is 0.467 e. The van der Waals surface area contributed by atoms with Gasteiger partial charge in [-0.25, -0.2) is 4.39 Å². The lowest BCUT2D eigenvalue weighted by Gasteiger charge is -2.08. The SMILES string of the molecule is COc1nc(OC)nc(Oc2cc(F)ccc2N)n1. The number of hydrogen-bond donors (Lipinski definition) is 1. The Labute approximate surface area is 108 Å². The van der Waals surface area contributed by atoms with Crippen LogP contribution in [0.4, 0.5) is 10.1 Å². The van der Waals surface area contributed by atoms with Gasteiger partial charge in [-0.05, 0) is 12.1 Å². The molecule has 0 radical (unpaired) electrons. The number of nitrogens with two attached hydrogens (primary N) is 1. The average molecular weight is 266 g/mol. The molecule has 0 fully saturated rings. The first-order valence-corrected chi connectivity index (χ1v) is 5.19. The molecule has 0 atom stereocenters. The van der Waals surface area contributed by atoms with E-state index in [4.69, 9.17) is 19.9 Å². The molecule has 1 aromatic heterocycles. The Morgan fingerprint density at radius 3 is 2.16 bits per heavy atom. The maximum Gasteiger partial charge on any atom is 0.331 e. The highest BCUT2D eigenvalue weighted by Crippen LogP contribution is 2.27. The van der Waals surface area contributed by atoms with Crippen LogP contribution in [0, 0.1) is 5.82 Å². The first-order valence-electron chi connectivity index (χ1n) is 5.19. The predicted octanol–water partition coefficient (Wildman–Crippen LogP) is 1.40. The van der Waals surface area contributed by atoms with Crippen LogP contribution in [-0.4, -0.2) is 29.2 Å². The lowest BCUT2D eigenvalue weighted by molar-refractivity contribution is 0.320. The fraction of sp³-hybridized carbons (Fsp3) is 0.182. The van der Waals surface area contributed by atoms with Crippen LogP contribution in [0.5, 0.6) is 23.8 Å². The number of rotatable bonds is 4. The zero-order valence-corrected chi connectivity index (χ0v) is 10.3. The quantitative estimate of drug-likeness (QED) is 0.836. The van der Waals surface area contributed by atoms with Crippen molar-refractivity contribution in [1.29, 1.82) is 0 Å². The minimum absolute atomic E-state index is 0.0109. The molecule has 1 aromatic carbocycles. The van der Waals surface area contributed by atoms with Crippen molar-refractivity contribution in [2.75, 3.05) is 20.0 Å². The molecular formula is C11H11FN4O3. The van der Waals surface area contributed by atoms with Crippen molar-refractivity contribution in [3.05, 3.63) is 24.0 Å². The Bertz CT molecular complexity index is 572. The van der Waals surface area contributed by atoms with E-state index in [9.17, 15) is 4.39 Å². The summed E-state index contributed by atoms with van der Waals surface area (Å²) in [6.07, 6.45) is 0. The summed E-state index contributed by atoms with van der Waals surface area (Å²) in [4.78, 5) is 11.5. The number of aromatic nitrogens is 3. The Morgan fingerprint density at radius 1 is 1.00 bits per heavy atom. The summed E-state index contributed by atoms with van der Waals surface area (Å²) < 4.78 is 28.1. The Balaban J connectivity index is 2.34. The second kappa shape index (κ2) is 5.34. The van der Waals surface area contributed by atoms with Gasteiger partial charge >= 0.3 is 18.0 Å². The van der Waals surface area contributed by atoms with Gasteiger partial charge in [-0.1, -0.05) is 0 Å². The van der Waals surface area contributed by atoms with Crippen molar-refractivity contribution in [2.24, 2.45) is 0 Å². The van der Waals surface area contributed by atoms with Crippen molar-refractivity contribution < 1.29 is 18.6 Å². The molecular weight excluding hydrogens is 255 g/mol. The zero-order chi connectivity index (χ0) is 13.8. The van der Waals surface area contributed by atoms with E-state index in [1.165, 1.54) is 26.4 Å². The average Bonchev–Trinajstić information content (AvgIpc) is 2.42. The van der Waals surface area contributed by atoms with Crippen molar-refractivity contribution in [1.82, 2.24) is 15.0 Å². The fourth-order valence-electron chi connectivity index (χ4n) is 1.24. The van der Waals surface area contributed by atoms with E-state index >= 15 is 0 Å². The molecule has 0 spiro atoms. The third-order valence-electron chi connectivity index (χ3n) is 2.12. The topological polar surface area (TPSA) is 92.4 Å². The van der Waals surface area contributed by atoms with E-state index in [2.05, 4.69) is 15.0 Å². The molecule has 1 heterocycles. The molecule has 2 N–H and O–H groups in total. The molecule has 0 aliphatic rings. The summed E-state index contributed by atoms with van der Waals surface area (Å²) in [6.45, 7) is 0. The molecule has 8 heteroatoms. The second-order valence-electron chi connectivity index (χ2n) is 3.38. The summed E-state index contributed by atoms with van der Waals surface area (Å²) in [5.74, 6) is -0.396. The predicted molar refractivity (Wildman–Crippen MR) is 63.8 cm³/mol. The smallest absolute Gasteiger partial charge is 0.331 e. The highest BCUT2D eigenvalue weighted by molar-refractivity contribution is 5.53. The van der Waals surface area contributed by atoms with Gasteiger partial charge in [-0.3, -0.25) is 0 Å². The molecule has 0 unspecified atom stereocenters. The van der Waals surface area contributed by atoms with Gasteiger partial charge in [0, 0.05) is 6.07 Å². The number of halogens is 1. The molecule has 19 heavy (non-hydrogen) atoms. The van der Waals surface area contributed by atoms with E-state index in [-0.39, 0.29) is 29.5 Å². The van der Waals surface area contributed by atoms with Crippen molar-refractivity contribution in [2.45, 2.75) is 0 Å². The maximum atomic E-state index is 13.1. The van der Waals surface area contributed by atoms with E-state index in [0.29, 0.717) is 0 Å². The van der Waals surface area contributed by atoms with E-state index in [1.807, 2.05) is 0 Å². The fourth-order valence-corrected chi connectivity index (χ4v) is 1.24. The lowest BCUT2D eigenvalue weighted by Crippen LogP contribution is -2.02. The number of nitrogens with zero attached hydrogens (tertiary/aromatic N) is 3. The number of hydrogen-bond acceptors (Lipinski definition) is 7. The Morgan fingerprint density at radius 2 is 1.58 bits per heavy atom. The molecule has 0 amide bonds. The van der Waals surface area contributed by atoms with Gasteiger partial charge < -0.3 is 19.9 Å². The standard InChI is InChI=1S/C11H11FN4O3/c1-17-9-14-10(18-2)16-11(15-9)19-8-5-6(12)3-4-7(8)13/h3-5H,13H2,1-2H3. The van der Waals surface area contributed by atoms with Crippen molar-refractivity contribution in [3.63, 3.8) is 0 Å². The summed E-state index contributed by atoms with van der Waals surface area (Å²) in [6, 6.07) is 3.63. The third-order valence-corrected chi connectivity index (χ3v) is 2.12. The number of nitrogen functional groups attached to an aromatic ring is 1. The normalized spacial score (nSPS) is 10.1. The van der Waals surface area contributed by atoms with Crippen LogP contribution in [0.1, 0.15) is 0 Å². The number of benzene rings is 1. The first kappa shape index (κ1) is 12.8. The first-order chi connectivity index (χ1) is 9.12. The monoisotopic (exact) mass is 266 g/mol. The van der Waals surface area contributed by atoms with Gasteiger partial charge in [0.2, 0.25) is 0 Å². The number of anilines is 1. The maximum absolute atomic E-state index is 13.1. The van der Waals surface area contributed by atoms with Crippen LogP contribution in [0.25, 0.3) is 0 Å². The Kier molecular flexibility index (Phi) is 3.60. The van der Waals surface area contributed by atoms with Crippen LogP contribution in [0.15, 0.2) is 18.2 Å². The molecule has 0 aliphatic heterocycles. The van der Waals surface area contributed by atoms with Crippen LogP contribution in [0.3, 0.4) is 0 Å². The summed E-state index contributed by atoms with van der Waals surface area (Å²) >= 11 is 0. The lowest BCUT2D eigenvalue weighted by atomic mass is 10.3. The minimum atomic E-state index is -0.489. The third kappa shape index (κ3) is 2.97. The van der Waals surface area contributed by atoms with Gasteiger partial charge in [0.15, 0.2) is 5.75 Å². The van der Waals surface area contributed by atoms with Gasteiger partial charge in [0.05, 0.1) is 19.9 Å². The Hall–Kier alpha value is -2.64. The van der Waals surface area contributed by atoms with Gasteiger partial charge in [-0.15, -0.1) is 15.0 Å². The minimum Gasteiger partial charge on any atom is -0.467 e. The molecule has 0 aliphatic carbocycles. The van der Waals surface area contributed by atoms with Crippen LogP contribution >= 0.6 is 0 Å². The molecule has 0 bridgehead atoms. The number of ether oxygens (including phenoxy) is 3. The molecule has 0 saturated carbocycles. The van der Waals surface area contributed by atoms with Gasteiger partial charge in [0.25, 0.3) is 0 Å². The van der Waals surface area contributed by atoms with E-state index < -0.39 is 5.82 Å². The highest BCUT2D eigenvalue weighted by Gasteiger charge is 2.11. The van der Waals surface area contributed by atoms with Crippen LogP contribution in [0.2, 0.25) is 0 Å². The summed E-state index contributed by atoms with van der Waals surface area (Å²) in [7, 11) is 2.77. The molecule has 0 saturated heterocycles. The second-order valence-corrected chi connectivity index (χ2v) is 3.38. The van der Waals surface area contributed by atoms with E-state index in [0.717, 1.165) is 6.07 Å². The van der Waals surface area contributed by atoms with Crippen LogP contribution in [-0.2, 0) is 0 Å². The van der Waals surface area contributed by atoms with Gasteiger partial charge in [-0.2, -0.15) is 0 Å². The number of methoxy groups -OCH3 is 2. The highest BCUT2D eigenvalue weighted by atomic mass is 19.1. The summed E-state index contributed by atoms with van der Waals surface area (Å²) in [5, 5.41) is 0. The van der Waals surface area contributed by atoms with Crippen LogP contribution < -0.4 is 19.9 Å². The molecule has 2 aromatic rings. The van der Waals surface area contributed by atoms with Gasteiger partial charge in [0.1, 0.15) is 5.82 Å². The van der Waals surface area contributed by atoms with Crippen molar-refractivity contribution >= 4 is 5.69 Å². The van der Waals surface area contributed by atoms with E-state index in [1.54, 1.807) is 0 Å². The zero-order valence-electron chi connectivity index (χ0n) is 10.3. The molecule has 7 nitrogen and oxygen atoms in total. The molecule has 2 rings (SSSR count). The summed E-state index contributed by atoms with van der Waals surface area (Å²) in [5.41, 5.74) is 5.90. The molecule has 100 valence electrons.